The normalized spacial score (nSPS) is 11.4. The molecule has 10 nitrogen and oxygen atoms in total. The van der Waals surface area contributed by atoms with Crippen molar-refractivity contribution in [1.82, 2.24) is 23.1 Å². The number of carbonyl (C=O) groups excluding carboxylic acids is 1. The first-order valence-corrected chi connectivity index (χ1v) is 9.26. The Labute approximate surface area is 173 Å². The van der Waals surface area contributed by atoms with Crippen molar-refractivity contribution in [2.75, 3.05) is 0 Å². The van der Waals surface area contributed by atoms with Gasteiger partial charge in [0.15, 0.2) is 11.2 Å². The topological polar surface area (TPSA) is 110 Å². The Balaban J connectivity index is 2.20. The average molecular weight is 427 g/mol. The number of rotatable bonds is 3. The summed E-state index contributed by atoms with van der Waals surface area (Å²) in [6.45, 7) is 2.64. The molecule has 0 aliphatic rings. The van der Waals surface area contributed by atoms with Crippen LogP contribution in [0.15, 0.2) is 38.6 Å². The second-order valence-electron chi connectivity index (χ2n) is 7.17. The van der Waals surface area contributed by atoms with Gasteiger partial charge in [0.2, 0.25) is 11.7 Å². The summed E-state index contributed by atoms with van der Waals surface area (Å²) in [5.41, 5.74) is -1.08. The number of ether oxygens (including phenoxy) is 1. The molecule has 0 N–H and O–H groups in total. The maximum Gasteiger partial charge on any atom is 0.332 e. The molecule has 0 saturated heterocycles. The van der Waals surface area contributed by atoms with E-state index in [1.54, 1.807) is 0 Å². The van der Waals surface area contributed by atoms with Crippen LogP contribution in [-0.2, 0) is 25.4 Å². The number of benzene rings is 1. The van der Waals surface area contributed by atoms with E-state index in [9.17, 15) is 23.6 Å². The van der Waals surface area contributed by atoms with Gasteiger partial charge < -0.3 is 4.74 Å². The number of nitrogens with zero attached hydrogens (tertiary/aromatic N) is 5. The fraction of sp³-hybridized carbons (Fsp3) is 0.250. The van der Waals surface area contributed by atoms with Gasteiger partial charge in [-0.1, -0.05) is 12.1 Å². The SMILES string of the molecule is CC(=O)Oc1c(C)c(=O)n(Cc2ccc(F)cc2)c2nc3c(c(=O)n(C)c(=O)n3C)n12. The Morgan fingerprint density at radius 2 is 1.71 bits per heavy atom. The van der Waals surface area contributed by atoms with Crippen molar-refractivity contribution in [2.45, 2.75) is 20.4 Å². The third kappa shape index (κ3) is 3.05. The maximum atomic E-state index is 13.3. The van der Waals surface area contributed by atoms with Crippen molar-refractivity contribution >= 4 is 22.9 Å². The zero-order chi connectivity index (χ0) is 22.6. The highest BCUT2D eigenvalue weighted by molar-refractivity contribution is 5.78. The minimum atomic E-state index is -0.691. The molecule has 0 radical (unpaired) electrons. The third-order valence-corrected chi connectivity index (χ3v) is 5.07. The molecule has 11 heteroatoms. The summed E-state index contributed by atoms with van der Waals surface area (Å²) in [5.74, 6) is -1.26. The predicted octanol–water partition coefficient (Wildman–Crippen LogP) is 0.468. The molecule has 0 bridgehead atoms. The number of hydrogen-bond donors (Lipinski definition) is 0. The van der Waals surface area contributed by atoms with E-state index in [1.165, 1.54) is 65.7 Å². The number of aryl methyl sites for hydroxylation is 1. The van der Waals surface area contributed by atoms with Crippen molar-refractivity contribution in [3.05, 3.63) is 72.4 Å². The van der Waals surface area contributed by atoms with Gasteiger partial charge in [-0.3, -0.25) is 28.1 Å². The van der Waals surface area contributed by atoms with Crippen LogP contribution in [0.25, 0.3) is 16.9 Å². The minimum absolute atomic E-state index is 0.00414. The van der Waals surface area contributed by atoms with Gasteiger partial charge in [-0.2, -0.15) is 4.98 Å². The summed E-state index contributed by atoms with van der Waals surface area (Å²) >= 11 is 0. The summed E-state index contributed by atoms with van der Waals surface area (Å²) < 4.78 is 23.2. The van der Waals surface area contributed by atoms with E-state index in [-0.39, 0.29) is 34.9 Å². The smallest absolute Gasteiger partial charge is 0.332 e. The van der Waals surface area contributed by atoms with Gasteiger partial charge in [-0.15, -0.1) is 0 Å². The van der Waals surface area contributed by atoms with Crippen molar-refractivity contribution in [1.29, 1.82) is 0 Å². The molecular weight excluding hydrogens is 409 g/mol. The minimum Gasteiger partial charge on any atom is -0.408 e. The fourth-order valence-electron chi connectivity index (χ4n) is 3.48. The average Bonchev–Trinajstić information content (AvgIpc) is 3.13. The van der Waals surface area contributed by atoms with Crippen LogP contribution in [0.5, 0.6) is 5.88 Å². The predicted molar refractivity (Wildman–Crippen MR) is 109 cm³/mol. The number of esters is 1. The van der Waals surface area contributed by atoms with Crippen LogP contribution in [0, 0.1) is 12.7 Å². The molecule has 0 aliphatic heterocycles. The Morgan fingerprint density at radius 3 is 2.32 bits per heavy atom. The van der Waals surface area contributed by atoms with Crippen molar-refractivity contribution in [2.24, 2.45) is 14.1 Å². The number of fused-ring (bicyclic) bond motifs is 3. The molecule has 1 aromatic carbocycles. The first kappa shape index (κ1) is 20.3. The van der Waals surface area contributed by atoms with Gasteiger partial charge in [-0.05, 0) is 24.6 Å². The third-order valence-electron chi connectivity index (χ3n) is 5.07. The van der Waals surface area contributed by atoms with Gasteiger partial charge in [-0.25, -0.2) is 13.6 Å². The molecule has 3 aromatic heterocycles. The standard InChI is InChI=1S/C20H18FN5O5/c1-10-16(28)25(9-12-5-7-13(21)8-6-12)19-22-15-14(26(19)18(10)31-11(2)27)17(29)24(4)20(30)23(15)3/h5-8H,9H2,1-4H3. The quantitative estimate of drug-likeness (QED) is 0.440. The Morgan fingerprint density at radius 1 is 1.06 bits per heavy atom. The molecule has 0 saturated carbocycles. The van der Waals surface area contributed by atoms with E-state index >= 15 is 0 Å². The molecule has 3 heterocycles. The lowest BCUT2D eigenvalue weighted by atomic mass is 10.2. The second kappa shape index (κ2) is 7.04. The van der Waals surface area contributed by atoms with Gasteiger partial charge >= 0.3 is 11.7 Å². The molecule has 0 aliphatic carbocycles. The summed E-state index contributed by atoms with van der Waals surface area (Å²) in [7, 11) is 2.76. The highest BCUT2D eigenvalue weighted by Crippen LogP contribution is 2.22. The van der Waals surface area contributed by atoms with Gasteiger partial charge in [0.25, 0.3) is 11.1 Å². The largest absolute Gasteiger partial charge is 0.408 e. The Hall–Kier alpha value is -4.02. The van der Waals surface area contributed by atoms with Crippen molar-refractivity contribution in [3.8, 4) is 5.88 Å². The summed E-state index contributed by atoms with van der Waals surface area (Å²) in [5, 5.41) is 0. The molecule has 31 heavy (non-hydrogen) atoms. The lowest BCUT2D eigenvalue weighted by Gasteiger charge is -2.14. The zero-order valence-electron chi connectivity index (χ0n) is 17.2. The molecule has 0 fully saturated rings. The zero-order valence-corrected chi connectivity index (χ0v) is 17.2. The Kier molecular flexibility index (Phi) is 4.60. The van der Waals surface area contributed by atoms with E-state index in [4.69, 9.17) is 4.74 Å². The van der Waals surface area contributed by atoms with Crippen LogP contribution in [0.1, 0.15) is 18.1 Å². The van der Waals surface area contributed by atoms with Crippen molar-refractivity contribution < 1.29 is 13.9 Å². The van der Waals surface area contributed by atoms with E-state index in [0.717, 1.165) is 4.57 Å². The second-order valence-corrected chi connectivity index (χ2v) is 7.17. The molecule has 0 atom stereocenters. The lowest BCUT2D eigenvalue weighted by molar-refractivity contribution is -0.132. The van der Waals surface area contributed by atoms with Crippen LogP contribution < -0.4 is 21.5 Å². The van der Waals surface area contributed by atoms with Crippen LogP contribution in [0.3, 0.4) is 0 Å². The van der Waals surface area contributed by atoms with Gasteiger partial charge in [0.05, 0.1) is 12.1 Å². The number of imidazole rings is 1. The molecule has 4 aromatic rings. The van der Waals surface area contributed by atoms with E-state index < -0.39 is 28.6 Å². The van der Waals surface area contributed by atoms with Gasteiger partial charge in [0, 0.05) is 21.0 Å². The molecule has 4 rings (SSSR count). The van der Waals surface area contributed by atoms with Crippen LogP contribution >= 0.6 is 0 Å². The first-order chi connectivity index (χ1) is 14.6. The lowest BCUT2D eigenvalue weighted by Crippen LogP contribution is -2.37. The molecule has 160 valence electrons. The van der Waals surface area contributed by atoms with Crippen molar-refractivity contribution in [3.63, 3.8) is 0 Å². The van der Waals surface area contributed by atoms with Crippen LogP contribution in [0.2, 0.25) is 0 Å². The van der Waals surface area contributed by atoms with Crippen LogP contribution in [-0.4, -0.2) is 29.1 Å². The maximum absolute atomic E-state index is 13.3. The molecule has 0 unspecified atom stereocenters. The van der Waals surface area contributed by atoms with E-state index in [1.807, 2.05) is 0 Å². The number of hydrogen-bond acceptors (Lipinski definition) is 6. The van der Waals surface area contributed by atoms with E-state index in [0.29, 0.717) is 5.56 Å². The summed E-state index contributed by atoms with van der Waals surface area (Å²) in [4.78, 5) is 54.5. The highest BCUT2D eigenvalue weighted by Gasteiger charge is 2.24. The van der Waals surface area contributed by atoms with E-state index in [2.05, 4.69) is 4.98 Å². The Bertz CT molecular complexity index is 1560. The molecular formula is C20H18FN5O5. The molecule has 0 amide bonds. The highest BCUT2D eigenvalue weighted by atomic mass is 19.1. The fourth-order valence-corrected chi connectivity index (χ4v) is 3.48. The summed E-state index contributed by atoms with van der Waals surface area (Å²) in [6.07, 6.45) is 0. The monoisotopic (exact) mass is 427 g/mol. The van der Waals surface area contributed by atoms with Gasteiger partial charge in [0.1, 0.15) is 5.82 Å². The first-order valence-electron chi connectivity index (χ1n) is 9.26. The number of carbonyl (C=O) groups is 1. The summed E-state index contributed by atoms with van der Waals surface area (Å²) in [6, 6.07) is 5.56. The number of halogens is 1. The molecule has 0 spiro atoms. The van der Waals surface area contributed by atoms with Crippen LogP contribution in [0.4, 0.5) is 4.39 Å². The number of aromatic nitrogens is 5.